The highest BCUT2D eigenvalue weighted by Gasteiger charge is 2.23. The summed E-state index contributed by atoms with van der Waals surface area (Å²) in [5, 5.41) is 0. The number of benzene rings is 2. The smallest absolute Gasteiger partial charge is 0.152 e. The average Bonchev–Trinajstić information content (AvgIpc) is 2.38. The van der Waals surface area contributed by atoms with Gasteiger partial charge in [0.1, 0.15) is 0 Å². The van der Waals surface area contributed by atoms with Gasteiger partial charge >= 0.3 is 0 Å². The fourth-order valence-electron chi connectivity index (χ4n) is 2.27. The Hall–Kier alpha value is -1.48. The van der Waals surface area contributed by atoms with Crippen molar-refractivity contribution in [3.8, 4) is 11.5 Å². The maximum atomic E-state index is 5.96. The number of ether oxygens (including phenoxy) is 1. The Kier molecular flexibility index (Phi) is 3.00. The van der Waals surface area contributed by atoms with E-state index >= 15 is 0 Å². The van der Waals surface area contributed by atoms with E-state index in [9.17, 15) is 0 Å². The largest absolute Gasteiger partial charge is 0.453 e. The monoisotopic (exact) mass is 303 g/mol. The highest BCUT2D eigenvalue weighted by Crippen LogP contribution is 2.47. The molecule has 0 unspecified atom stereocenters. The standard InChI is InChI=1S/C15H14BrNO/c1-2-9-17-12-5-3-4-6-14(12)18-15-10-11(16)7-8-13(15)17/h3-8,10H,2,9H2,1H3. The first-order valence-corrected chi connectivity index (χ1v) is 6.93. The lowest BCUT2D eigenvalue weighted by molar-refractivity contribution is 0.472. The van der Waals surface area contributed by atoms with E-state index in [4.69, 9.17) is 4.74 Å². The zero-order valence-corrected chi connectivity index (χ0v) is 11.8. The van der Waals surface area contributed by atoms with Crippen LogP contribution in [0.3, 0.4) is 0 Å². The Labute approximate surface area is 115 Å². The molecule has 0 saturated carbocycles. The van der Waals surface area contributed by atoms with Crippen LogP contribution in [0.5, 0.6) is 11.5 Å². The Morgan fingerprint density at radius 2 is 1.83 bits per heavy atom. The number of fused-ring (bicyclic) bond motifs is 2. The molecule has 0 radical (unpaired) electrons. The minimum Gasteiger partial charge on any atom is -0.453 e. The summed E-state index contributed by atoms with van der Waals surface area (Å²) in [7, 11) is 0. The molecule has 1 aliphatic heterocycles. The zero-order valence-electron chi connectivity index (χ0n) is 10.2. The molecular weight excluding hydrogens is 290 g/mol. The minimum absolute atomic E-state index is 0.913. The second kappa shape index (κ2) is 4.65. The Morgan fingerprint density at radius 1 is 1.06 bits per heavy atom. The average molecular weight is 304 g/mol. The van der Waals surface area contributed by atoms with E-state index in [1.54, 1.807) is 0 Å². The molecule has 18 heavy (non-hydrogen) atoms. The van der Waals surface area contributed by atoms with Crippen molar-refractivity contribution in [3.05, 3.63) is 46.9 Å². The molecule has 0 amide bonds. The summed E-state index contributed by atoms with van der Waals surface area (Å²) >= 11 is 3.49. The van der Waals surface area contributed by atoms with Crippen molar-refractivity contribution < 1.29 is 4.74 Å². The number of halogens is 1. The molecule has 92 valence electrons. The molecule has 3 rings (SSSR count). The topological polar surface area (TPSA) is 12.5 Å². The second-order valence-corrected chi connectivity index (χ2v) is 5.25. The SMILES string of the molecule is CCCN1c2ccccc2Oc2cc(Br)ccc21. The van der Waals surface area contributed by atoms with Crippen LogP contribution in [0.1, 0.15) is 13.3 Å². The summed E-state index contributed by atoms with van der Waals surface area (Å²) in [6, 6.07) is 14.4. The first kappa shape index (κ1) is 11.6. The van der Waals surface area contributed by atoms with Crippen LogP contribution in [-0.4, -0.2) is 6.54 Å². The van der Waals surface area contributed by atoms with Crippen LogP contribution in [0.15, 0.2) is 46.9 Å². The van der Waals surface area contributed by atoms with Gasteiger partial charge in [0.25, 0.3) is 0 Å². The van der Waals surface area contributed by atoms with Gasteiger partial charge in [0.2, 0.25) is 0 Å². The van der Waals surface area contributed by atoms with E-state index in [-0.39, 0.29) is 0 Å². The van der Waals surface area contributed by atoms with Gasteiger partial charge in [-0.05, 0) is 36.8 Å². The molecule has 0 spiro atoms. The molecule has 0 aromatic heterocycles. The van der Waals surface area contributed by atoms with Crippen molar-refractivity contribution in [2.45, 2.75) is 13.3 Å². The third-order valence-electron chi connectivity index (χ3n) is 3.04. The molecule has 2 aromatic carbocycles. The quantitative estimate of drug-likeness (QED) is 0.765. The van der Waals surface area contributed by atoms with Crippen LogP contribution < -0.4 is 9.64 Å². The highest BCUT2D eigenvalue weighted by molar-refractivity contribution is 9.10. The third-order valence-corrected chi connectivity index (χ3v) is 3.53. The normalized spacial score (nSPS) is 12.7. The fraction of sp³-hybridized carbons (Fsp3) is 0.200. The maximum absolute atomic E-state index is 5.96. The van der Waals surface area contributed by atoms with Gasteiger partial charge in [-0.3, -0.25) is 0 Å². The first-order valence-electron chi connectivity index (χ1n) is 6.13. The van der Waals surface area contributed by atoms with Gasteiger partial charge in [0.15, 0.2) is 11.5 Å². The Balaban J connectivity index is 2.14. The molecule has 2 aromatic rings. The van der Waals surface area contributed by atoms with E-state index in [0.29, 0.717) is 0 Å². The summed E-state index contributed by atoms with van der Waals surface area (Å²) in [5.74, 6) is 1.84. The van der Waals surface area contributed by atoms with E-state index < -0.39 is 0 Å². The van der Waals surface area contributed by atoms with Crippen LogP contribution in [-0.2, 0) is 0 Å². The zero-order chi connectivity index (χ0) is 12.5. The molecule has 1 heterocycles. The van der Waals surface area contributed by atoms with Crippen LogP contribution in [0.2, 0.25) is 0 Å². The van der Waals surface area contributed by atoms with Crippen LogP contribution >= 0.6 is 15.9 Å². The molecule has 0 aliphatic carbocycles. The summed E-state index contributed by atoms with van der Waals surface area (Å²) in [5.41, 5.74) is 2.29. The number of hydrogen-bond acceptors (Lipinski definition) is 2. The summed E-state index contributed by atoms with van der Waals surface area (Å²) < 4.78 is 7.00. The molecule has 0 atom stereocenters. The predicted octanol–water partition coefficient (Wildman–Crippen LogP) is 5.10. The molecular formula is C15H14BrNO. The number of para-hydroxylation sites is 2. The van der Waals surface area contributed by atoms with Crippen molar-refractivity contribution in [1.82, 2.24) is 0 Å². The van der Waals surface area contributed by atoms with E-state index in [0.717, 1.165) is 40.3 Å². The van der Waals surface area contributed by atoms with Crippen molar-refractivity contribution >= 4 is 27.3 Å². The minimum atomic E-state index is 0.913. The van der Waals surface area contributed by atoms with E-state index in [2.05, 4.69) is 52.0 Å². The highest BCUT2D eigenvalue weighted by atomic mass is 79.9. The lowest BCUT2D eigenvalue weighted by Gasteiger charge is -2.32. The van der Waals surface area contributed by atoms with Crippen LogP contribution in [0.25, 0.3) is 0 Å². The van der Waals surface area contributed by atoms with Gasteiger partial charge in [0, 0.05) is 11.0 Å². The van der Waals surface area contributed by atoms with Crippen molar-refractivity contribution in [3.63, 3.8) is 0 Å². The van der Waals surface area contributed by atoms with E-state index in [1.807, 2.05) is 18.2 Å². The Morgan fingerprint density at radius 3 is 2.67 bits per heavy atom. The van der Waals surface area contributed by atoms with Gasteiger partial charge in [-0.2, -0.15) is 0 Å². The molecule has 1 aliphatic rings. The molecule has 0 fully saturated rings. The summed E-state index contributed by atoms with van der Waals surface area (Å²) in [6.45, 7) is 3.19. The van der Waals surface area contributed by atoms with Crippen LogP contribution in [0, 0.1) is 0 Å². The van der Waals surface area contributed by atoms with Gasteiger partial charge in [0.05, 0.1) is 11.4 Å². The summed E-state index contributed by atoms with van der Waals surface area (Å²) in [4.78, 5) is 2.32. The van der Waals surface area contributed by atoms with E-state index in [1.165, 1.54) is 0 Å². The van der Waals surface area contributed by atoms with Gasteiger partial charge in [-0.25, -0.2) is 0 Å². The molecule has 0 saturated heterocycles. The summed E-state index contributed by atoms with van der Waals surface area (Å²) in [6.07, 6.45) is 1.10. The number of anilines is 2. The third kappa shape index (κ3) is 1.89. The molecule has 3 heteroatoms. The maximum Gasteiger partial charge on any atom is 0.152 e. The Bertz CT molecular complexity index is 582. The molecule has 0 N–H and O–H groups in total. The number of nitrogens with zero attached hydrogens (tertiary/aromatic N) is 1. The lowest BCUT2D eigenvalue weighted by atomic mass is 10.1. The van der Waals surface area contributed by atoms with Gasteiger partial charge in [-0.15, -0.1) is 0 Å². The lowest BCUT2D eigenvalue weighted by Crippen LogP contribution is -2.21. The first-order chi connectivity index (χ1) is 8.79. The number of rotatable bonds is 2. The van der Waals surface area contributed by atoms with Crippen molar-refractivity contribution in [1.29, 1.82) is 0 Å². The van der Waals surface area contributed by atoms with Crippen molar-refractivity contribution in [2.24, 2.45) is 0 Å². The number of hydrogen-bond donors (Lipinski definition) is 0. The van der Waals surface area contributed by atoms with Crippen LogP contribution in [0.4, 0.5) is 11.4 Å². The van der Waals surface area contributed by atoms with Gasteiger partial charge < -0.3 is 9.64 Å². The fourth-order valence-corrected chi connectivity index (χ4v) is 2.61. The molecule has 2 nitrogen and oxygen atoms in total. The second-order valence-electron chi connectivity index (χ2n) is 4.33. The predicted molar refractivity (Wildman–Crippen MR) is 78.0 cm³/mol. The van der Waals surface area contributed by atoms with Crippen molar-refractivity contribution in [2.75, 3.05) is 11.4 Å². The van der Waals surface area contributed by atoms with Gasteiger partial charge in [-0.1, -0.05) is 35.0 Å². The molecule has 0 bridgehead atoms.